The Morgan fingerprint density at radius 1 is 1.00 bits per heavy atom. The number of aliphatic hydroxyl groups is 3. The molecule has 1 heterocycles. The van der Waals surface area contributed by atoms with Gasteiger partial charge < -0.3 is 15.3 Å². The van der Waals surface area contributed by atoms with Crippen LogP contribution in [0.3, 0.4) is 0 Å². The lowest BCUT2D eigenvalue weighted by atomic mass is 9.95. The first-order valence-electron chi connectivity index (χ1n) is 9.35. The van der Waals surface area contributed by atoms with Gasteiger partial charge in [-0.2, -0.15) is 0 Å². The average Bonchev–Trinajstić information content (AvgIpc) is 3.00. The SMILES string of the molecule is CCCCCC[C@@H](O)[C@@H](O)[C@@H](CCCC)N1CC[C@@H](CO)C1. The topological polar surface area (TPSA) is 63.9 Å². The van der Waals surface area contributed by atoms with Crippen LogP contribution in [0.2, 0.25) is 0 Å². The number of nitrogens with zero attached hydrogens (tertiary/aromatic N) is 1. The van der Waals surface area contributed by atoms with Gasteiger partial charge in [-0.1, -0.05) is 52.4 Å². The Morgan fingerprint density at radius 3 is 2.32 bits per heavy atom. The van der Waals surface area contributed by atoms with E-state index in [9.17, 15) is 15.3 Å². The minimum absolute atomic E-state index is 0.0395. The van der Waals surface area contributed by atoms with Gasteiger partial charge in [0, 0.05) is 19.2 Å². The normalized spacial score (nSPS) is 23.6. The third-order valence-corrected chi connectivity index (χ3v) is 5.04. The molecule has 1 fully saturated rings. The molecule has 4 atom stereocenters. The van der Waals surface area contributed by atoms with E-state index in [1.54, 1.807) is 0 Å². The molecule has 0 radical (unpaired) electrons. The van der Waals surface area contributed by atoms with E-state index < -0.39 is 12.2 Å². The molecule has 1 rings (SSSR count). The first-order chi connectivity index (χ1) is 10.6. The molecular formula is C18H37NO3. The summed E-state index contributed by atoms with van der Waals surface area (Å²) in [5.74, 6) is 0.332. The summed E-state index contributed by atoms with van der Waals surface area (Å²) >= 11 is 0. The van der Waals surface area contributed by atoms with Crippen LogP contribution < -0.4 is 0 Å². The van der Waals surface area contributed by atoms with Crippen molar-refractivity contribution >= 4 is 0 Å². The van der Waals surface area contributed by atoms with E-state index in [4.69, 9.17) is 0 Å². The molecular weight excluding hydrogens is 278 g/mol. The lowest BCUT2D eigenvalue weighted by Crippen LogP contribution is -2.48. The molecule has 4 nitrogen and oxygen atoms in total. The van der Waals surface area contributed by atoms with Gasteiger partial charge in [0.2, 0.25) is 0 Å². The third-order valence-electron chi connectivity index (χ3n) is 5.04. The smallest absolute Gasteiger partial charge is 0.0953 e. The van der Waals surface area contributed by atoms with E-state index in [-0.39, 0.29) is 12.6 Å². The highest BCUT2D eigenvalue weighted by Crippen LogP contribution is 2.25. The van der Waals surface area contributed by atoms with Gasteiger partial charge in [-0.15, -0.1) is 0 Å². The lowest BCUT2D eigenvalue weighted by molar-refractivity contribution is -0.0416. The van der Waals surface area contributed by atoms with Gasteiger partial charge in [0.05, 0.1) is 12.2 Å². The minimum Gasteiger partial charge on any atom is -0.396 e. The van der Waals surface area contributed by atoms with Crippen molar-refractivity contribution in [1.29, 1.82) is 0 Å². The van der Waals surface area contributed by atoms with Crippen LogP contribution in [0.25, 0.3) is 0 Å². The van der Waals surface area contributed by atoms with Gasteiger partial charge >= 0.3 is 0 Å². The summed E-state index contributed by atoms with van der Waals surface area (Å²) in [7, 11) is 0. The van der Waals surface area contributed by atoms with Crippen molar-refractivity contribution in [2.45, 2.75) is 89.9 Å². The van der Waals surface area contributed by atoms with Crippen LogP contribution in [0, 0.1) is 5.92 Å². The number of rotatable bonds is 12. The Bertz CT molecular complexity index is 275. The van der Waals surface area contributed by atoms with Crippen molar-refractivity contribution in [3.8, 4) is 0 Å². The van der Waals surface area contributed by atoms with Crippen molar-refractivity contribution in [2.24, 2.45) is 5.92 Å². The van der Waals surface area contributed by atoms with Crippen molar-refractivity contribution in [3.05, 3.63) is 0 Å². The molecule has 22 heavy (non-hydrogen) atoms. The van der Waals surface area contributed by atoms with Gasteiger partial charge in [-0.25, -0.2) is 0 Å². The number of likely N-dealkylation sites (tertiary alicyclic amines) is 1. The Labute approximate surface area is 136 Å². The van der Waals surface area contributed by atoms with E-state index >= 15 is 0 Å². The summed E-state index contributed by atoms with van der Waals surface area (Å²) in [5, 5.41) is 30.3. The zero-order valence-corrected chi connectivity index (χ0v) is 14.6. The molecule has 0 saturated carbocycles. The zero-order chi connectivity index (χ0) is 16.4. The monoisotopic (exact) mass is 315 g/mol. The molecule has 0 unspecified atom stereocenters. The van der Waals surface area contributed by atoms with E-state index in [2.05, 4.69) is 18.7 Å². The zero-order valence-electron chi connectivity index (χ0n) is 14.6. The van der Waals surface area contributed by atoms with Crippen molar-refractivity contribution in [2.75, 3.05) is 19.7 Å². The average molecular weight is 315 g/mol. The molecule has 1 aliphatic heterocycles. The van der Waals surface area contributed by atoms with Crippen molar-refractivity contribution in [1.82, 2.24) is 4.90 Å². The van der Waals surface area contributed by atoms with Gasteiger partial charge in [0.1, 0.15) is 0 Å². The number of hydrogen-bond donors (Lipinski definition) is 3. The molecule has 0 aromatic carbocycles. The molecule has 132 valence electrons. The summed E-state index contributed by atoms with van der Waals surface area (Å²) in [6.45, 7) is 6.35. The standard InChI is InChI=1S/C18H37NO3/c1-3-5-7-8-10-17(21)18(22)16(9-6-4-2)19-12-11-15(13-19)14-20/h15-18,20-22H,3-14H2,1-2H3/t15-,16-,17-,18+/m1/s1. The predicted molar refractivity (Wildman–Crippen MR) is 90.9 cm³/mol. The summed E-state index contributed by atoms with van der Waals surface area (Å²) in [4.78, 5) is 2.29. The maximum atomic E-state index is 10.6. The molecule has 0 aliphatic carbocycles. The van der Waals surface area contributed by atoms with Crippen LogP contribution in [0.1, 0.15) is 71.6 Å². The second-order valence-corrected chi connectivity index (χ2v) is 6.95. The van der Waals surface area contributed by atoms with E-state index in [1.165, 1.54) is 12.8 Å². The highest BCUT2D eigenvalue weighted by molar-refractivity contribution is 4.88. The molecule has 0 spiro atoms. The largest absolute Gasteiger partial charge is 0.396 e. The fourth-order valence-electron chi connectivity index (χ4n) is 3.50. The summed E-state index contributed by atoms with van der Waals surface area (Å²) < 4.78 is 0. The summed E-state index contributed by atoms with van der Waals surface area (Å²) in [5.41, 5.74) is 0. The fraction of sp³-hybridized carbons (Fsp3) is 1.00. The molecule has 1 saturated heterocycles. The minimum atomic E-state index is -0.661. The van der Waals surface area contributed by atoms with Crippen LogP contribution in [0.4, 0.5) is 0 Å². The number of hydrogen-bond acceptors (Lipinski definition) is 4. The van der Waals surface area contributed by atoms with Crippen LogP contribution in [0.5, 0.6) is 0 Å². The van der Waals surface area contributed by atoms with Crippen LogP contribution in [-0.2, 0) is 0 Å². The van der Waals surface area contributed by atoms with Gasteiger partial charge in [0.15, 0.2) is 0 Å². The highest BCUT2D eigenvalue weighted by atomic mass is 16.3. The first kappa shape index (κ1) is 19.9. The maximum absolute atomic E-state index is 10.6. The second-order valence-electron chi connectivity index (χ2n) is 6.95. The van der Waals surface area contributed by atoms with Crippen molar-refractivity contribution in [3.63, 3.8) is 0 Å². The van der Waals surface area contributed by atoms with Gasteiger partial charge in [0.25, 0.3) is 0 Å². The molecule has 1 aliphatic rings. The molecule has 3 N–H and O–H groups in total. The van der Waals surface area contributed by atoms with Gasteiger partial charge in [-0.3, -0.25) is 4.90 Å². The number of aliphatic hydroxyl groups excluding tert-OH is 3. The first-order valence-corrected chi connectivity index (χ1v) is 9.35. The quantitative estimate of drug-likeness (QED) is 0.484. The predicted octanol–water partition coefficient (Wildman–Crippen LogP) is 2.55. The fourth-order valence-corrected chi connectivity index (χ4v) is 3.50. The lowest BCUT2D eigenvalue weighted by Gasteiger charge is -2.34. The summed E-state index contributed by atoms with van der Waals surface area (Å²) in [6.07, 6.45) is 8.04. The Kier molecular flexibility index (Phi) is 10.3. The molecule has 0 aromatic rings. The third kappa shape index (κ3) is 6.53. The molecule has 0 amide bonds. The van der Waals surface area contributed by atoms with Crippen LogP contribution in [0.15, 0.2) is 0 Å². The summed E-state index contributed by atoms with van der Waals surface area (Å²) in [6, 6.07) is 0.0395. The molecule has 4 heteroatoms. The Hall–Kier alpha value is -0.160. The van der Waals surface area contributed by atoms with Crippen LogP contribution >= 0.6 is 0 Å². The highest BCUT2D eigenvalue weighted by Gasteiger charge is 2.34. The van der Waals surface area contributed by atoms with E-state index in [0.29, 0.717) is 12.3 Å². The molecule has 0 aromatic heterocycles. The molecule has 0 bridgehead atoms. The maximum Gasteiger partial charge on any atom is 0.0953 e. The van der Waals surface area contributed by atoms with E-state index in [1.807, 2.05) is 0 Å². The second kappa shape index (κ2) is 11.4. The van der Waals surface area contributed by atoms with Crippen molar-refractivity contribution < 1.29 is 15.3 Å². The Balaban J connectivity index is 2.50. The van der Waals surface area contributed by atoms with Gasteiger partial charge in [-0.05, 0) is 31.7 Å². The van der Waals surface area contributed by atoms with E-state index in [0.717, 1.165) is 51.6 Å². The van der Waals surface area contributed by atoms with Crippen LogP contribution in [-0.4, -0.2) is 58.2 Å². The Morgan fingerprint density at radius 2 is 1.73 bits per heavy atom. The number of unbranched alkanes of at least 4 members (excludes halogenated alkanes) is 4.